The van der Waals surface area contributed by atoms with Crippen LogP contribution in [0.1, 0.15) is 50.0 Å². The third-order valence-corrected chi connectivity index (χ3v) is 7.06. The average Bonchev–Trinajstić information content (AvgIpc) is 3.03. The monoisotopic (exact) mass is 344 g/mol. The molecule has 3 nitrogen and oxygen atoms in total. The second-order valence-electron chi connectivity index (χ2n) is 7.99. The van der Waals surface area contributed by atoms with E-state index in [4.69, 9.17) is 4.42 Å². The SMILES string of the molecule is Fc1ccc(CSc2nnc(C34CC5CC(CC(C5)C3)C4)o2)cc1. The summed E-state index contributed by atoms with van der Waals surface area (Å²) in [5.74, 6) is 4.02. The van der Waals surface area contributed by atoms with Crippen molar-refractivity contribution >= 4 is 11.8 Å². The predicted octanol–water partition coefficient (Wildman–Crippen LogP) is 4.97. The molecule has 6 rings (SSSR count). The third-order valence-electron chi connectivity index (χ3n) is 6.17. The molecule has 5 heteroatoms. The minimum atomic E-state index is -0.203. The van der Waals surface area contributed by atoms with Gasteiger partial charge in [0.2, 0.25) is 5.89 Å². The largest absolute Gasteiger partial charge is 0.415 e. The van der Waals surface area contributed by atoms with Gasteiger partial charge >= 0.3 is 0 Å². The highest BCUT2D eigenvalue weighted by Crippen LogP contribution is 2.60. The van der Waals surface area contributed by atoms with Crippen LogP contribution in [-0.4, -0.2) is 10.2 Å². The van der Waals surface area contributed by atoms with E-state index in [1.54, 1.807) is 23.9 Å². The molecule has 0 saturated heterocycles. The normalized spacial score (nSPS) is 34.0. The highest BCUT2D eigenvalue weighted by molar-refractivity contribution is 7.98. The van der Waals surface area contributed by atoms with Crippen LogP contribution in [0.5, 0.6) is 0 Å². The first-order valence-electron chi connectivity index (χ1n) is 8.90. The van der Waals surface area contributed by atoms with Crippen LogP contribution in [0, 0.1) is 23.6 Å². The van der Waals surface area contributed by atoms with Gasteiger partial charge in [-0.2, -0.15) is 0 Å². The van der Waals surface area contributed by atoms with E-state index >= 15 is 0 Å². The molecule has 0 radical (unpaired) electrons. The Morgan fingerprint density at radius 3 is 2.25 bits per heavy atom. The Bertz CT molecular complexity index is 707. The van der Waals surface area contributed by atoms with Gasteiger partial charge in [0.1, 0.15) is 5.82 Å². The van der Waals surface area contributed by atoms with E-state index in [1.807, 2.05) is 0 Å². The van der Waals surface area contributed by atoms with Gasteiger partial charge in [-0.3, -0.25) is 0 Å². The number of benzene rings is 1. The molecule has 4 aliphatic rings. The van der Waals surface area contributed by atoms with Gasteiger partial charge in [0.05, 0.1) is 0 Å². The van der Waals surface area contributed by atoms with Crippen LogP contribution in [-0.2, 0) is 11.2 Å². The first-order valence-corrected chi connectivity index (χ1v) is 9.88. The highest BCUT2D eigenvalue weighted by atomic mass is 32.2. The summed E-state index contributed by atoms with van der Waals surface area (Å²) >= 11 is 1.54. The van der Waals surface area contributed by atoms with Crippen LogP contribution in [0.3, 0.4) is 0 Å². The molecule has 0 amide bonds. The topological polar surface area (TPSA) is 38.9 Å². The van der Waals surface area contributed by atoms with E-state index in [0.717, 1.165) is 35.0 Å². The van der Waals surface area contributed by atoms with Crippen LogP contribution in [0.4, 0.5) is 4.39 Å². The number of hydrogen-bond donors (Lipinski definition) is 0. The first-order chi connectivity index (χ1) is 11.7. The molecule has 126 valence electrons. The number of hydrogen-bond acceptors (Lipinski definition) is 4. The van der Waals surface area contributed by atoms with Crippen molar-refractivity contribution in [2.75, 3.05) is 0 Å². The van der Waals surface area contributed by atoms with Gasteiger partial charge in [-0.25, -0.2) is 4.39 Å². The predicted molar refractivity (Wildman–Crippen MR) is 90.1 cm³/mol. The minimum Gasteiger partial charge on any atom is -0.415 e. The Balaban J connectivity index is 1.31. The van der Waals surface area contributed by atoms with Crippen molar-refractivity contribution < 1.29 is 8.81 Å². The molecule has 24 heavy (non-hydrogen) atoms. The van der Waals surface area contributed by atoms with Crippen molar-refractivity contribution in [2.45, 2.75) is 54.9 Å². The summed E-state index contributed by atoms with van der Waals surface area (Å²) in [7, 11) is 0. The zero-order valence-corrected chi connectivity index (χ0v) is 14.4. The van der Waals surface area contributed by atoms with Crippen LogP contribution in [0.2, 0.25) is 0 Å². The summed E-state index contributed by atoms with van der Waals surface area (Å²) in [5, 5.41) is 9.36. The first kappa shape index (κ1) is 14.9. The number of rotatable bonds is 4. The second-order valence-corrected chi connectivity index (χ2v) is 8.91. The lowest BCUT2D eigenvalue weighted by atomic mass is 9.49. The van der Waals surface area contributed by atoms with Crippen LogP contribution >= 0.6 is 11.8 Å². The van der Waals surface area contributed by atoms with Crippen molar-refractivity contribution in [3.8, 4) is 0 Å². The summed E-state index contributed by atoms with van der Waals surface area (Å²) < 4.78 is 19.0. The third kappa shape index (κ3) is 2.57. The molecule has 0 aliphatic heterocycles. The zero-order chi connectivity index (χ0) is 16.1. The summed E-state index contributed by atoms with van der Waals surface area (Å²) in [6.45, 7) is 0. The Morgan fingerprint density at radius 1 is 1.00 bits per heavy atom. The Morgan fingerprint density at radius 2 is 1.62 bits per heavy atom. The molecule has 2 aromatic rings. The molecule has 0 spiro atoms. The van der Waals surface area contributed by atoms with Gasteiger partial charge in [0, 0.05) is 11.2 Å². The molecule has 0 N–H and O–H groups in total. The van der Waals surface area contributed by atoms with Crippen LogP contribution in [0.25, 0.3) is 0 Å². The van der Waals surface area contributed by atoms with Crippen molar-refractivity contribution in [2.24, 2.45) is 17.8 Å². The van der Waals surface area contributed by atoms with Gasteiger partial charge < -0.3 is 4.42 Å². The quantitative estimate of drug-likeness (QED) is 0.734. The summed E-state index contributed by atoms with van der Waals surface area (Å²) in [6.07, 6.45) is 7.97. The molecule has 0 unspecified atom stereocenters. The van der Waals surface area contributed by atoms with Crippen molar-refractivity contribution in [3.63, 3.8) is 0 Å². The molecular formula is C19H21FN2OS. The van der Waals surface area contributed by atoms with Gasteiger partial charge in [-0.1, -0.05) is 23.9 Å². The van der Waals surface area contributed by atoms with E-state index in [-0.39, 0.29) is 11.2 Å². The van der Waals surface area contributed by atoms with E-state index in [1.165, 1.54) is 50.7 Å². The maximum Gasteiger partial charge on any atom is 0.276 e. The summed E-state index contributed by atoms with van der Waals surface area (Å²) in [6, 6.07) is 6.59. The molecule has 4 bridgehead atoms. The lowest BCUT2D eigenvalue weighted by Gasteiger charge is -2.55. The van der Waals surface area contributed by atoms with Crippen LogP contribution in [0.15, 0.2) is 33.9 Å². The fourth-order valence-corrected chi connectivity index (χ4v) is 6.30. The molecule has 1 aromatic carbocycles. The summed E-state index contributed by atoms with van der Waals surface area (Å²) in [5.41, 5.74) is 1.23. The van der Waals surface area contributed by atoms with Crippen molar-refractivity contribution in [1.29, 1.82) is 0 Å². The van der Waals surface area contributed by atoms with E-state index in [0.29, 0.717) is 5.22 Å². The minimum absolute atomic E-state index is 0.163. The smallest absolute Gasteiger partial charge is 0.276 e. The molecule has 1 aromatic heterocycles. The standard InChI is InChI=1S/C19H21FN2OS/c20-16-3-1-12(2-4-16)11-24-18-22-21-17(23-18)19-8-13-5-14(9-19)7-15(6-13)10-19/h1-4,13-15H,5-11H2. The second kappa shape index (κ2) is 5.58. The maximum atomic E-state index is 13.0. The Labute approximate surface area is 145 Å². The van der Waals surface area contributed by atoms with Gasteiger partial charge in [0.25, 0.3) is 5.22 Å². The van der Waals surface area contributed by atoms with E-state index in [2.05, 4.69) is 10.2 Å². The molecule has 0 atom stereocenters. The molecule has 4 saturated carbocycles. The number of nitrogens with zero attached hydrogens (tertiary/aromatic N) is 2. The van der Waals surface area contributed by atoms with Gasteiger partial charge in [0.15, 0.2) is 0 Å². The lowest BCUT2D eigenvalue weighted by molar-refractivity contribution is -0.0191. The summed E-state index contributed by atoms with van der Waals surface area (Å²) in [4.78, 5) is 0. The number of aromatic nitrogens is 2. The van der Waals surface area contributed by atoms with Gasteiger partial charge in [-0.05, 0) is 74.0 Å². The highest BCUT2D eigenvalue weighted by Gasteiger charge is 2.54. The lowest BCUT2D eigenvalue weighted by Crippen LogP contribution is -2.48. The van der Waals surface area contributed by atoms with E-state index in [9.17, 15) is 4.39 Å². The molecule has 4 aliphatic carbocycles. The van der Waals surface area contributed by atoms with E-state index < -0.39 is 0 Å². The molecule has 4 fully saturated rings. The average molecular weight is 344 g/mol. The van der Waals surface area contributed by atoms with Crippen LogP contribution < -0.4 is 0 Å². The fraction of sp³-hybridized carbons (Fsp3) is 0.579. The maximum absolute atomic E-state index is 13.0. The number of thioether (sulfide) groups is 1. The Hall–Kier alpha value is -1.36. The Kier molecular flexibility index (Phi) is 3.47. The van der Waals surface area contributed by atoms with Crippen molar-refractivity contribution in [1.82, 2.24) is 10.2 Å². The fourth-order valence-electron chi connectivity index (χ4n) is 5.58. The zero-order valence-electron chi connectivity index (χ0n) is 13.6. The molecule has 1 heterocycles. The van der Waals surface area contributed by atoms with Gasteiger partial charge in [-0.15, -0.1) is 10.2 Å². The number of halogens is 1. The molecular weight excluding hydrogens is 323 g/mol. The van der Waals surface area contributed by atoms with Crippen molar-refractivity contribution in [3.05, 3.63) is 41.5 Å².